The summed E-state index contributed by atoms with van der Waals surface area (Å²) < 4.78 is 0. The van der Waals surface area contributed by atoms with Gasteiger partial charge < -0.3 is 0 Å². The molecule has 0 aliphatic rings. The highest BCUT2D eigenvalue weighted by Crippen LogP contribution is 2.20. The smallest absolute Gasteiger partial charge is 0.211 e. The molecule has 1 unspecified atom stereocenters. The van der Waals surface area contributed by atoms with E-state index >= 15 is 0 Å². The van der Waals surface area contributed by atoms with Gasteiger partial charge in [-0.3, -0.25) is 0 Å². The summed E-state index contributed by atoms with van der Waals surface area (Å²) in [4.78, 5) is 14.0. The predicted octanol–water partition coefficient (Wildman–Crippen LogP) is 3.43. The first kappa shape index (κ1) is 13.6. The molecule has 0 heterocycles. The number of rotatable bonds is 9. The number of carbonyl (C=O) groups excluding carboxylic acids is 1. The van der Waals surface area contributed by atoms with Gasteiger partial charge >= 0.3 is 0 Å². The number of hydrogen-bond acceptors (Lipinski definition) is 2. The van der Waals surface area contributed by atoms with Gasteiger partial charge in [0.15, 0.2) is 0 Å². The first-order valence-electron chi connectivity index (χ1n) is 5.18. The maximum Gasteiger partial charge on any atom is 0.235 e. The molecule has 0 saturated heterocycles. The van der Waals surface area contributed by atoms with Gasteiger partial charge in [-0.1, -0.05) is 18.2 Å². The van der Waals surface area contributed by atoms with Gasteiger partial charge in [0.1, 0.15) is 0 Å². The summed E-state index contributed by atoms with van der Waals surface area (Å²) in [6, 6.07) is 0.00454. The molecule has 82 valence electrons. The molecule has 0 radical (unpaired) electrons. The number of nitrogens with zero attached hydrogens (tertiary/aromatic N) is 1. The minimum absolute atomic E-state index is 0.00454. The fourth-order valence-corrected chi connectivity index (χ4v) is 1.61. The number of isocyanates is 1. The predicted molar refractivity (Wildman–Crippen MR) is 64.5 cm³/mol. The first-order valence-corrected chi connectivity index (χ1v) is 5.18. The highest BCUT2D eigenvalue weighted by Gasteiger charge is 2.12. The zero-order valence-electron chi connectivity index (χ0n) is 9.19. The molecule has 0 amide bonds. The van der Waals surface area contributed by atoms with E-state index in [1.807, 2.05) is 12.2 Å². The van der Waals surface area contributed by atoms with E-state index in [1.165, 1.54) is 0 Å². The molecule has 0 saturated carbocycles. The minimum atomic E-state index is 0.00454. The van der Waals surface area contributed by atoms with Crippen LogP contribution in [0.15, 0.2) is 43.0 Å². The molecule has 2 nitrogen and oxygen atoms in total. The lowest BCUT2D eigenvalue weighted by atomic mass is 9.92. The monoisotopic (exact) mass is 205 g/mol. The van der Waals surface area contributed by atoms with Gasteiger partial charge in [-0.25, -0.2) is 9.79 Å². The highest BCUT2D eigenvalue weighted by atomic mass is 16.1. The van der Waals surface area contributed by atoms with Gasteiger partial charge in [-0.15, -0.1) is 19.7 Å². The van der Waals surface area contributed by atoms with Crippen molar-refractivity contribution in [2.45, 2.75) is 31.7 Å². The van der Waals surface area contributed by atoms with Gasteiger partial charge in [0.05, 0.1) is 6.04 Å². The Kier molecular flexibility index (Phi) is 8.31. The van der Waals surface area contributed by atoms with E-state index in [2.05, 4.69) is 24.7 Å². The zero-order valence-corrected chi connectivity index (χ0v) is 9.19. The van der Waals surface area contributed by atoms with Gasteiger partial charge in [0.2, 0.25) is 6.08 Å². The molecule has 15 heavy (non-hydrogen) atoms. The van der Waals surface area contributed by atoms with Crippen molar-refractivity contribution in [3.05, 3.63) is 38.0 Å². The molecule has 0 rings (SSSR count). The summed E-state index contributed by atoms with van der Waals surface area (Å²) in [5, 5.41) is 0. The lowest BCUT2D eigenvalue weighted by Crippen LogP contribution is -2.10. The minimum Gasteiger partial charge on any atom is -0.211 e. The van der Waals surface area contributed by atoms with Crippen molar-refractivity contribution in [3.8, 4) is 0 Å². The second-order valence-electron chi connectivity index (χ2n) is 3.55. The summed E-state index contributed by atoms with van der Waals surface area (Å²) in [6.07, 6.45) is 10.6. The average molecular weight is 205 g/mol. The summed E-state index contributed by atoms with van der Waals surface area (Å²) in [5.41, 5.74) is 0. The summed E-state index contributed by atoms with van der Waals surface area (Å²) in [6.45, 7) is 11.1. The van der Waals surface area contributed by atoms with E-state index in [4.69, 9.17) is 0 Å². The van der Waals surface area contributed by atoms with Gasteiger partial charge in [0, 0.05) is 0 Å². The van der Waals surface area contributed by atoms with E-state index in [1.54, 1.807) is 12.2 Å². The third-order valence-corrected chi connectivity index (χ3v) is 2.28. The quantitative estimate of drug-likeness (QED) is 0.322. The van der Waals surface area contributed by atoms with E-state index < -0.39 is 0 Å². The third-order valence-electron chi connectivity index (χ3n) is 2.28. The number of hydrogen-bond donors (Lipinski definition) is 0. The van der Waals surface area contributed by atoms with Crippen LogP contribution in [0.1, 0.15) is 25.7 Å². The maximum absolute atomic E-state index is 10.2. The Morgan fingerprint density at radius 2 is 1.60 bits per heavy atom. The Hall–Kier alpha value is -1.40. The van der Waals surface area contributed by atoms with Crippen molar-refractivity contribution in [1.82, 2.24) is 0 Å². The summed E-state index contributed by atoms with van der Waals surface area (Å²) in [7, 11) is 0. The average Bonchev–Trinajstić information content (AvgIpc) is 2.19. The van der Waals surface area contributed by atoms with E-state index in [-0.39, 0.29) is 6.04 Å². The Morgan fingerprint density at radius 3 is 2.00 bits per heavy atom. The van der Waals surface area contributed by atoms with E-state index in [0.717, 1.165) is 25.7 Å². The van der Waals surface area contributed by atoms with Crippen molar-refractivity contribution in [2.75, 3.05) is 0 Å². The Balaban J connectivity index is 4.28. The van der Waals surface area contributed by atoms with Crippen molar-refractivity contribution in [1.29, 1.82) is 0 Å². The topological polar surface area (TPSA) is 29.4 Å². The molecular weight excluding hydrogens is 186 g/mol. The first-order chi connectivity index (χ1) is 7.28. The second kappa shape index (κ2) is 9.17. The molecule has 0 aliphatic carbocycles. The van der Waals surface area contributed by atoms with Crippen LogP contribution in [0.4, 0.5) is 0 Å². The van der Waals surface area contributed by atoms with Crippen molar-refractivity contribution >= 4 is 6.08 Å². The van der Waals surface area contributed by atoms with Crippen molar-refractivity contribution in [3.63, 3.8) is 0 Å². The molecule has 0 bridgehead atoms. The summed E-state index contributed by atoms with van der Waals surface area (Å²) >= 11 is 0. The Labute approximate surface area is 92.1 Å². The van der Waals surface area contributed by atoms with Gasteiger partial charge in [-0.05, 0) is 31.6 Å². The lowest BCUT2D eigenvalue weighted by Gasteiger charge is -2.16. The molecule has 0 aromatic rings. The summed E-state index contributed by atoms with van der Waals surface area (Å²) in [5.74, 6) is 0.460. The van der Waals surface area contributed by atoms with Crippen LogP contribution >= 0.6 is 0 Å². The fraction of sp³-hybridized carbons (Fsp3) is 0.462. The van der Waals surface area contributed by atoms with E-state index in [0.29, 0.717) is 5.92 Å². The maximum atomic E-state index is 10.2. The van der Waals surface area contributed by atoms with Crippen LogP contribution < -0.4 is 0 Å². The van der Waals surface area contributed by atoms with Crippen LogP contribution in [-0.4, -0.2) is 12.1 Å². The number of allylic oxidation sites excluding steroid dienone is 2. The van der Waals surface area contributed by atoms with Crippen molar-refractivity contribution in [2.24, 2.45) is 10.9 Å². The molecule has 0 N–H and O–H groups in total. The van der Waals surface area contributed by atoms with Crippen LogP contribution in [0.2, 0.25) is 0 Å². The molecule has 0 aromatic heterocycles. The van der Waals surface area contributed by atoms with Crippen LogP contribution in [-0.2, 0) is 4.79 Å². The normalized spacial score (nSPS) is 11.5. The highest BCUT2D eigenvalue weighted by molar-refractivity contribution is 5.33. The molecular formula is C13H19NO. The third kappa shape index (κ3) is 6.64. The van der Waals surface area contributed by atoms with Crippen LogP contribution in [0.3, 0.4) is 0 Å². The largest absolute Gasteiger partial charge is 0.235 e. The van der Waals surface area contributed by atoms with Crippen molar-refractivity contribution < 1.29 is 4.79 Å². The molecule has 1 atom stereocenters. The molecule has 0 spiro atoms. The van der Waals surface area contributed by atoms with Crippen LogP contribution in [0, 0.1) is 5.92 Å². The standard InChI is InChI=1S/C13H19NO/c1-4-7-12(8-5-2)10-13(9-6-3)14-11-15/h4-6,12-13H,1-3,7-10H2. The molecule has 0 aliphatic heterocycles. The molecule has 2 heteroatoms. The van der Waals surface area contributed by atoms with Gasteiger partial charge in [0.25, 0.3) is 0 Å². The number of aliphatic imine (C=N–C) groups is 1. The zero-order chi connectivity index (χ0) is 11.5. The second-order valence-corrected chi connectivity index (χ2v) is 3.55. The van der Waals surface area contributed by atoms with Crippen LogP contribution in [0.25, 0.3) is 0 Å². The molecule has 0 aromatic carbocycles. The Morgan fingerprint density at radius 1 is 1.07 bits per heavy atom. The molecule has 0 fully saturated rings. The van der Waals surface area contributed by atoms with Crippen LogP contribution in [0.5, 0.6) is 0 Å². The lowest BCUT2D eigenvalue weighted by molar-refractivity contribution is 0.439. The van der Waals surface area contributed by atoms with E-state index in [9.17, 15) is 4.79 Å². The Bertz CT molecular complexity index is 241. The van der Waals surface area contributed by atoms with Gasteiger partial charge in [-0.2, -0.15) is 0 Å². The SMILES string of the molecule is C=CCC(CC=C)CC(CC=C)N=C=O. The fourth-order valence-electron chi connectivity index (χ4n) is 1.61.